The molecule has 0 bridgehead atoms. The molecule has 0 aliphatic heterocycles. The van der Waals surface area contributed by atoms with Gasteiger partial charge in [-0.3, -0.25) is 0 Å². The highest BCUT2D eigenvalue weighted by Crippen LogP contribution is 2.37. The van der Waals surface area contributed by atoms with E-state index in [9.17, 15) is 18.0 Å². The zero-order valence-corrected chi connectivity index (χ0v) is 19.5. The number of benzene rings is 3. The third-order valence-electron chi connectivity index (χ3n) is 6.43. The molecular weight excluding hydrogens is 453 g/mol. The van der Waals surface area contributed by atoms with E-state index < -0.39 is 29.3 Å². The van der Waals surface area contributed by atoms with Crippen molar-refractivity contribution in [3.8, 4) is 16.9 Å². The van der Waals surface area contributed by atoms with E-state index in [0.29, 0.717) is 49.2 Å². The molecule has 0 saturated heterocycles. The highest BCUT2D eigenvalue weighted by atomic mass is 19.2. The first kappa shape index (κ1) is 24.6. The number of halogens is 3. The fraction of sp³-hybridized carbons (Fsp3) is 0.276. The predicted octanol–water partition coefficient (Wildman–Crippen LogP) is 7.70. The fourth-order valence-electron chi connectivity index (χ4n) is 4.53. The van der Waals surface area contributed by atoms with Gasteiger partial charge in [-0.25, -0.2) is 18.0 Å². The minimum Gasteiger partial charge on any atom is -0.494 e. The number of carbonyl (C=O) groups excluding carboxylic acids is 1. The molecule has 35 heavy (non-hydrogen) atoms. The van der Waals surface area contributed by atoms with Crippen LogP contribution in [0.5, 0.6) is 5.75 Å². The molecule has 1 aliphatic rings. The van der Waals surface area contributed by atoms with E-state index in [4.69, 9.17) is 9.47 Å². The summed E-state index contributed by atoms with van der Waals surface area (Å²) in [6, 6.07) is 14.3. The standard InChI is InChI=1S/C29H27F3O3/c1-3-18-5-7-20(8-6-18)24-15-16-25(28(32)27(24)31)29(33)35-21-11-9-19(10-12-21)23-14-13-22(34-4-2)17-26(23)30/h3,5-8,13-17,19,21H,1,4,9-12H2,2H3. The van der Waals surface area contributed by atoms with Crippen LogP contribution in [0, 0.1) is 17.5 Å². The van der Waals surface area contributed by atoms with Crippen LogP contribution in [0.25, 0.3) is 17.2 Å². The lowest BCUT2D eigenvalue weighted by Gasteiger charge is -2.29. The van der Waals surface area contributed by atoms with Crippen LogP contribution in [0.4, 0.5) is 13.2 Å². The molecule has 1 fully saturated rings. The van der Waals surface area contributed by atoms with Crippen molar-refractivity contribution in [1.29, 1.82) is 0 Å². The zero-order valence-electron chi connectivity index (χ0n) is 19.5. The Morgan fingerprint density at radius 2 is 1.69 bits per heavy atom. The van der Waals surface area contributed by atoms with E-state index in [-0.39, 0.29) is 17.3 Å². The molecule has 0 unspecified atom stereocenters. The lowest BCUT2D eigenvalue weighted by atomic mass is 9.82. The maximum Gasteiger partial charge on any atom is 0.341 e. The van der Waals surface area contributed by atoms with Crippen molar-refractivity contribution in [3.63, 3.8) is 0 Å². The minimum absolute atomic E-state index is 0.00145. The zero-order chi connectivity index (χ0) is 24.9. The maximum atomic E-state index is 14.8. The Kier molecular flexibility index (Phi) is 7.59. The lowest BCUT2D eigenvalue weighted by molar-refractivity contribution is 0.0188. The van der Waals surface area contributed by atoms with Crippen LogP contribution in [0.3, 0.4) is 0 Å². The Morgan fingerprint density at radius 3 is 2.31 bits per heavy atom. The van der Waals surface area contributed by atoms with E-state index in [2.05, 4.69) is 6.58 Å². The van der Waals surface area contributed by atoms with Gasteiger partial charge in [0.2, 0.25) is 0 Å². The van der Waals surface area contributed by atoms with E-state index in [1.54, 1.807) is 42.5 Å². The molecule has 1 saturated carbocycles. The normalized spacial score (nSPS) is 17.6. The molecule has 0 atom stereocenters. The topological polar surface area (TPSA) is 35.5 Å². The van der Waals surface area contributed by atoms with Crippen LogP contribution < -0.4 is 4.74 Å². The molecule has 0 heterocycles. The minimum atomic E-state index is -1.23. The second-order valence-electron chi connectivity index (χ2n) is 8.61. The largest absolute Gasteiger partial charge is 0.494 e. The average molecular weight is 481 g/mol. The van der Waals surface area contributed by atoms with Crippen LogP contribution in [-0.4, -0.2) is 18.7 Å². The smallest absolute Gasteiger partial charge is 0.341 e. The van der Waals surface area contributed by atoms with Gasteiger partial charge in [-0.05, 0) is 67.3 Å². The van der Waals surface area contributed by atoms with Gasteiger partial charge in [-0.15, -0.1) is 0 Å². The lowest BCUT2D eigenvalue weighted by Crippen LogP contribution is -2.25. The monoisotopic (exact) mass is 480 g/mol. The van der Waals surface area contributed by atoms with E-state index in [1.807, 2.05) is 6.92 Å². The van der Waals surface area contributed by atoms with Crippen molar-refractivity contribution in [2.45, 2.75) is 44.6 Å². The molecule has 4 rings (SSSR count). The Labute approximate surface area is 203 Å². The van der Waals surface area contributed by atoms with Crippen LogP contribution in [0.15, 0.2) is 61.2 Å². The number of rotatable bonds is 7. The summed E-state index contributed by atoms with van der Waals surface area (Å²) in [5, 5.41) is 0. The van der Waals surface area contributed by atoms with Gasteiger partial charge in [-0.2, -0.15) is 0 Å². The summed E-state index contributed by atoms with van der Waals surface area (Å²) in [5.41, 5.74) is 1.59. The molecule has 182 valence electrons. The van der Waals surface area contributed by atoms with E-state index in [1.165, 1.54) is 18.2 Å². The Hall–Kier alpha value is -3.54. The molecule has 1 aliphatic carbocycles. The predicted molar refractivity (Wildman–Crippen MR) is 130 cm³/mol. The van der Waals surface area contributed by atoms with Crippen LogP contribution in [0.2, 0.25) is 0 Å². The van der Waals surface area contributed by atoms with Crippen molar-refractivity contribution in [1.82, 2.24) is 0 Å². The highest BCUT2D eigenvalue weighted by molar-refractivity contribution is 5.90. The first-order valence-corrected chi connectivity index (χ1v) is 11.7. The molecule has 0 amide bonds. The van der Waals surface area contributed by atoms with Crippen molar-refractivity contribution >= 4 is 12.0 Å². The third kappa shape index (κ3) is 5.42. The highest BCUT2D eigenvalue weighted by Gasteiger charge is 2.28. The van der Waals surface area contributed by atoms with Gasteiger partial charge < -0.3 is 9.47 Å². The Balaban J connectivity index is 1.40. The molecule has 3 aromatic rings. The van der Waals surface area contributed by atoms with Crippen LogP contribution >= 0.6 is 0 Å². The summed E-state index contributed by atoms with van der Waals surface area (Å²) >= 11 is 0. The van der Waals surface area contributed by atoms with Gasteiger partial charge in [0.15, 0.2) is 11.6 Å². The second kappa shape index (κ2) is 10.8. The molecule has 0 N–H and O–H groups in total. The maximum absolute atomic E-state index is 14.8. The van der Waals surface area contributed by atoms with Gasteiger partial charge in [0.1, 0.15) is 17.7 Å². The van der Waals surface area contributed by atoms with E-state index in [0.717, 1.165) is 5.56 Å². The van der Waals surface area contributed by atoms with Gasteiger partial charge in [0.25, 0.3) is 0 Å². The van der Waals surface area contributed by atoms with Gasteiger partial charge >= 0.3 is 5.97 Å². The number of ether oxygens (including phenoxy) is 2. The molecule has 6 heteroatoms. The average Bonchev–Trinajstić information content (AvgIpc) is 2.87. The fourth-order valence-corrected chi connectivity index (χ4v) is 4.53. The summed E-state index contributed by atoms with van der Waals surface area (Å²) in [6.07, 6.45) is 3.50. The van der Waals surface area contributed by atoms with Gasteiger partial charge in [0, 0.05) is 11.6 Å². The first-order valence-electron chi connectivity index (χ1n) is 11.7. The summed E-state index contributed by atoms with van der Waals surface area (Å²) in [4.78, 5) is 12.6. The molecule has 3 nitrogen and oxygen atoms in total. The van der Waals surface area contributed by atoms with Crippen molar-refractivity contribution < 1.29 is 27.4 Å². The molecule has 3 aromatic carbocycles. The van der Waals surface area contributed by atoms with Crippen LogP contribution in [-0.2, 0) is 4.74 Å². The first-order chi connectivity index (χ1) is 16.9. The number of esters is 1. The summed E-state index contributed by atoms with van der Waals surface area (Å²) in [7, 11) is 0. The SMILES string of the molecule is C=Cc1ccc(-c2ccc(C(=O)OC3CCC(c4ccc(OCC)cc4F)CC3)c(F)c2F)cc1. The molecule has 0 spiro atoms. The Morgan fingerprint density at radius 1 is 0.971 bits per heavy atom. The number of hydrogen-bond donors (Lipinski definition) is 0. The van der Waals surface area contributed by atoms with Crippen molar-refractivity contribution in [2.75, 3.05) is 6.61 Å². The van der Waals surface area contributed by atoms with Gasteiger partial charge in [0.05, 0.1) is 12.2 Å². The molecule has 0 aromatic heterocycles. The molecular formula is C29H27F3O3. The summed E-state index contributed by atoms with van der Waals surface area (Å²) in [5.74, 6) is -3.04. The summed E-state index contributed by atoms with van der Waals surface area (Å²) < 4.78 is 54.9. The van der Waals surface area contributed by atoms with Crippen molar-refractivity contribution in [3.05, 3.63) is 95.3 Å². The number of carbonyl (C=O) groups is 1. The second-order valence-corrected chi connectivity index (χ2v) is 8.61. The molecule has 0 radical (unpaired) electrons. The van der Waals surface area contributed by atoms with Crippen molar-refractivity contribution in [2.24, 2.45) is 0 Å². The van der Waals surface area contributed by atoms with Crippen LogP contribution in [0.1, 0.15) is 60.0 Å². The summed E-state index contributed by atoms with van der Waals surface area (Å²) in [6.45, 7) is 5.97. The van der Waals surface area contributed by atoms with E-state index >= 15 is 0 Å². The third-order valence-corrected chi connectivity index (χ3v) is 6.43. The Bertz CT molecular complexity index is 1210. The number of hydrogen-bond acceptors (Lipinski definition) is 3. The van der Waals surface area contributed by atoms with Gasteiger partial charge in [-0.1, -0.05) is 49.1 Å². The quantitative estimate of drug-likeness (QED) is 0.325.